The highest BCUT2D eigenvalue weighted by Crippen LogP contribution is 2.46. The monoisotopic (exact) mass is 542 g/mol. The minimum absolute atomic E-state index is 0.0862. The van der Waals surface area contributed by atoms with E-state index in [1.54, 1.807) is 37.5 Å². The molecule has 6 rings (SSSR count). The molecular formula is C29H27ClN6O3. The Morgan fingerprint density at radius 3 is 2.72 bits per heavy atom. The molecule has 2 N–H and O–H groups in total. The van der Waals surface area contributed by atoms with E-state index in [-0.39, 0.29) is 24.3 Å². The van der Waals surface area contributed by atoms with Gasteiger partial charge in [0.05, 0.1) is 22.3 Å². The van der Waals surface area contributed by atoms with E-state index in [0.717, 1.165) is 16.8 Å². The summed E-state index contributed by atoms with van der Waals surface area (Å²) in [5.74, 6) is 0.146. The van der Waals surface area contributed by atoms with Crippen molar-refractivity contribution >= 4 is 46.7 Å². The summed E-state index contributed by atoms with van der Waals surface area (Å²) < 4.78 is 0. The molecule has 9 nitrogen and oxygen atoms in total. The van der Waals surface area contributed by atoms with Crippen LogP contribution in [0.1, 0.15) is 43.2 Å². The number of amidine groups is 1. The first-order chi connectivity index (χ1) is 18.6. The third-order valence-corrected chi connectivity index (χ3v) is 8.44. The summed E-state index contributed by atoms with van der Waals surface area (Å²) in [5.41, 5.74) is 1.91. The molecule has 0 fully saturated rings. The van der Waals surface area contributed by atoms with Gasteiger partial charge >= 0.3 is 0 Å². The van der Waals surface area contributed by atoms with Gasteiger partial charge in [-0.3, -0.25) is 29.3 Å². The van der Waals surface area contributed by atoms with E-state index in [1.807, 2.05) is 38.1 Å². The molecule has 3 aromatic rings. The molecule has 0 radical (unpaired) electrons. The number of aromatic nitrogens is 2. The molecule has 4 heterocycles. The second kappa shape index (κ2) is 8.98. The zero-order valence-corrected chi connectivity index (χ0v) is 22.5. The fraction of sp³-hybridized carbons (Fsp3) is 0.310. The van der Waals surface area contributed by atoms with Gasteiger partial charge in [0, 0.05) is 29.4 Å². The van der Waals surface area contributed by atoms with Crippen LogP contribution in [0.5, 0.6) is 0 Å². The Kier molecular flexibility index (Phi) is 5.80. The first kappa shape index (κ1) is 25.2. The first-order valence-electron chi connectivity index (χ1n) is 12.8. The van der Waals surface area contributed by atoms with Gasteiger partial charge in [0.15, 0.2) is 0 Å². The van der Waals surface area contributed by atoms with Crippen molar-refractivity contribution in [1.29, 1.82) is 0 Å². The van der Waals surface area contributed by atoms with E-state index in [1.165, 1.54) is 4.90 Å². The van der Waals surface area contributed by atoms with Crippen LogP contribution in [0.25, 0.3) is 0 Å². The largest absolute Gasteiger partial charge is 0.323 e. The highest BCUT2D eigenvalue weighted by molar-refractivity contribution is 6.35. The summed E-state index contributed by atoms with van der Waals surface area (Å²) in [7, 11) is 0. The molecule has 1 aromatic carbocycles. The third-order valence-electron chi connectivity index (χ3n) is 8.11. The normalized spacial score (nSPS) is 23.2. The zero-order valence-electron chi connectivity index (χ0n) is 21.8. The summed E-state index contributed by atoms with van der Waals surface area (Å²) in [6.07, 6.45) is 4.17. The smallest absolute Gasteiger partial charge is 0.256 e. The summed E-state index contributed by atoms with van der Waals surface area (Å²) in [6.45, 7) is 5.41. The van der Waals surface area contributed by atoms with E-state index >= 15 is 0 Å². The highest BCUT2D eigenvalue weighted by Gasteiger charge is 2.52. The highest BCUT2D eigenvalue weighted by atomic mass is 35.5. The lowest BCUT2D eigenvalue weighted by atomic mass is 9.80. The number of amides is 3. The average Bonchev–Trinajstić information content (AvgIpc) is 3.51. The number of pyridine rings is 2. The molecule has 2 atom stereocenters. The number of nitrogens with zero attached hydrogens (tertiary/aromatic N) is 4. The van der Waals surface area contributed by atoms with Crippen molar-refractivity contribution in [3.8, 4) is 0 Å². The Labute approximate surface area is 230 Å². The van der Waals surface area contributed by atoms with Crippen LogP contribution in [-0.2, 0) is 32.6 Å². The molecule has 1 unspecified atom stereocenters. The number of halogens is 1. The molecule has 2 aromatic heterocycles. The van der Waals surface area contributed by atoms with Crippen LogP contribution in [0, 0.1) is 5.92 Å². The standard InChI is InChI=1S/C29H27ClN6O3/c1-16(2)28(3)27(39)36(25(35-28)19-7-4-5-9-21(19)30)15-23(37)33-18-11-17-12-29(13-22(17)32-14-18)20-8-6-10-31-24(20)34-26(29)38/h4-11,14,16H,12-13,15H2,1-3H3,(H,33,37)(H,31,34,38)/t28?,29-/m0/s1. The quantitative estimate of drug-likeness (QED) is 0.509. The van der Waals surface area contributed by atoms with Crippen LogP contribution in [0.2, 0.25) is 5.02 Å². The lowest BCUT2D eigenvalue weighted by Crippen LogP contribution is -2.46. The number of benzene rings is 1. The lowest BCUT2D eigenvalue weighted by Gasteiger charge is -2.25. The van der Waals surface area contributed by atoms with Crippen molar-refractivity contribution in [3.63, 3.8) is 0 Å². The Morgan fingerprint density at radius 1 is 1.15 bits per heavy atom. The molecule has 198 valence electrons. The predicted octanol–water partition coefficient (Wildman–Crippen LogP) is 3.76. The summed E-state index contributed by atoms with van der Waals surface area (Å²) in [6, 6.07) is 12.7. The van der Waals surface area contributed by atoms with Gasteiger partial charge in [-0.1, -0.05) is 43.6 Å². The molecule has 2 aliphatic heterocycles. The fourth-order valence-corrected chi connectivity index (χ4v) is 5.82. The number of rotatable bonds is 5. The van der Waals surface area contributed by atoms with E-state index in [4.69, 9.17) is 16.6 Å². The lowest BCUT2D eigenvalue weighted by molar-refractivity contribution is -0.134. The predicted molar refractivity (Wildman–Crippen MR) is 148 cm³/mol. The Hall–Kier alpha value is -4.11. The van der Waals surface area contributed by atoms with Gasteiger partial charge in [-0.15, -0.1) is 0 Å². The van der Waals surface area contributed by atoms with Crippen molar-refractivity contribution in [3.05, 3.63) is 82.3 Å². The number of carbonyl (C=O) groups excluding carboxylic acids is 3. The van der Waals surface area contributed by atoms with Crippen LogP contribution in [0.3, 0.4) is 0 Å². The van der Waals surface area contributed by atoms with Crippen LogP contribution in [0.4, 0.5) is 11.5 Å². The summed E-state index contributed by atoms with van der Waals surface area (Å²) in [5, 5.41) is 6.21. The Bertz CT molecular complexity index is 1590. The summed E-state index contributed by atoms with van der Waals surface area (Å²) >= 11 is 6.44. The van der Waals surface area contributed by atoms with Crippen LogP contribution in [0.15, 0.2) is 59.9 Å². The van der Waals surface area contributed by atoms with Crippen molar-refractivity contribution in [2.45, 2.75) is 44.6 Å². The molecule has 0 bridgehead atoms. The molecule has 39 heavy (non-hydrogen) atoms. The number of aliphatic imine (C=N–C) groups is 1. The number of hydrogen-bond acceptors (Lipinski definition) is 6. The number of anilines is 2. The molecule has 0 saturated heterocycles. The van der Waals surface area contributed by atoms with Gasteiger partial charge < -0.3 is 10.6 Å². The molecule has 10 heteroatoms. The van der Waals surface area contributed by atoms with Crippen molar-refractivity contribution in [2.24, 2.45) is 10.9 Å². The van der Waals surface area contributed by atoms with Gasteiger partial charge in [-0.05, 0) is 49.1 Å². The number of nitrogens with one attached hydrogen (secondary N) is 2. The Morgan fingerprint density at radius 2 is 1.95 bits per heavy atom. The van der Waals surface area contributed by atoms with Gasteiger partial charge in [-0.25, -0.2) is 4.98 Å². The second-order valence-electron chi connectivity index (χ2n) is 10.8. The van der Waals surface area contributed by atoms with E-state index in [0.29, 0.717) is 40.8 Å². The fourth-order valence-electron chi connectivity index (χ4n) is 5.60. The third kappa shape index (κ3) is 3.91. The van der Waals surface area contributed by atoms with Crippen molar-refractivity contribution in [1.82, 2.24) is 14.9 Å². The average molecular weight is 543 g/mol. The van der Waals surface area contributed by atoms with Gasteiger partial charge in [0.2, 0.25) is 11.8 Å². The topological polar surface area (TPSA) is 117 Å². The SMILES string of the molecule is CC(C)C1(C)N=C(c2ccccc2Cl)N(CC(=O)Nc2cnc3c(c2)C[C@@]2(C3)C(=O)Nc3ncccc32)C1=O. The van der Waals surface area contributed by atoms with Gasteiger partial charge in [-0.2, -0.15) is 0 Å². The van der Waals surface area contributed by atoms with E-state index in [9.17, 15) is 14.4 Å². The maximum absolute atomic E-state index is 13.5. The van der Waals surface area contributed by atoms with Crippen LogP contribution in [-0.4, -0.2) is 50.5 Å². The molecule has 1 spiro atoms. The van der Waals surface area contributed by atoms with Crippen LogP contribution < -0.4 is 10.6 Å². The maximum atomic E-state index is 13.5. The van der Waals surface area contributed by atoms with Crippen molar-refractivity contribution in [2.75, 3.05) is 17.2 Å². The number of hydrogen-bond donors (Lipinski definition) is 2. The minimum Gasteiger partial charge on any atom is -0.323 e. The van der Waals surface area contributed by atoms with E-state index < -0.39 is 16.9 Å². The maximum Gasteiger partial charge on any atom is 0.256 e. The molecule has 0 saturated carbocycles. The van der Waals surface area contributed by atoms with Gasteiger partial charge in [0.25, 0.3) is 5.91 Å². The second-order valence-corrected chi connectivity index (χ2v) is 11.2. The van der Waals surface area contributed by atoms with E-state index in [2.05, 4.69) is 20.6 Å². The zero-order chi connectivity index (χ0) is 27.5. The van der Waals surface area contributed by atoms with Crippen LogP contribution >= 0.6 is 11.6 Å². The first-order valence-corrected chi connectivity index (χ1v) is 13.2. The molecule has 3 aliphatic rings. The number of fused-ring (bicyclic) bond motifs is 3. The Balaban J connectivity index is 1.23. The van der Waals surface area contributed by atoms with Crippen molar-refractivity contribution < 1.29 is 14.4 Å². The minimum atomic E-state index is -1.01. The number of carbonyl (C=O) groups is 3. The molecular weight excluding hydrogens is 516 g/mol. The summed E-state index contributed by atoms with van der Waals surface area (Å²) in [4.78, 5) is 54.7. The molecule has 3 amide bonds. The molecule has 1 aliphatic carbocycles. The van der Waals surface area contributed by atoms with Gasteiger partial charge in [0.1, 0.15) is 23.7 Å².